The van der Waals surface area contributed by atoms with Gasteiger partial charge in [0.2, 0.25) is 8.32 Å². The fourth-order valence-electron chi connectivity index (χ4n) is 6.30. The van der Waals surface area contributed by atoms with Crippen molar-refractivity contribution < 1.29 is 23.4 Å². The second kappa shape index (κ2) is 16.2. The summed E-state index contributed by atoms with van der Waals surface area (Å²) in [6, 6.07) is 14.5. The molecule has 0 spiro atoms. The third-order valence-electron chi connectivity index (χ3n) is 10.0. The fraction of sp³-hybridized carbons (Fsp3) is 0.585. The highest BCUT2D eigenvalue weighted by molar-refractivity contribution is 6.74. The molecule has 0 radical (unpaired) electrons. The molecule has 0 amide bonds. The van der Waals surface area contributed by atoms with Crippen molar-refractivity contribution >= 4 is 14.1 Å². The van der Waals surface area contributed by atoms with E-state index in [1.165, 1.54) is 5.56 Å². The third-order valence-corrected chi connectivity index (χ3v) is 14.4. The minimum Gasteiger partial charge on any atom is -0.543 e. The van der Waals surface area contributed by atoms with Gasteiger partial charge in [0.1, 0.15) is 11.5 Å². The molecule has 0 aliphatic carbocycles. The van der Waals surface area contributed by atoms with Gasteiger partial charge in [0.15, 0.2) is 5.78 Å². The van der Waals surface area contributed by atoms with E-state index < -0.39 is 8.32 Å². The van der Waals surface area contributed by atoms with E-state index in [0.717, 1.165) is 65.9 Å². The molecule has 0 unspecified atom stereocenters. The van der Waals surface area contributed by atoms with E-state index in [4.69, 9.17) is 18.6 Å². The summed E-state index contributed by atoms with van der Waals surface area (Å²) in [6.07, 6.45) is 9.93. The molecule has 0 bridgehead atoms. The summed E-state index contributed by atoms with van der Waals surface area (Å²) < 4.78 is 25.3. The summed E-state index contributed by atoms with van der Waals surface area (Å²) in [5.41, 5.74) is 4.97. The lowest BCUT2D eigenvalue weighted by Crippen LogP contribution is -2.52. The van der Waals surface area contributed by atoms with Crippen molar-refractivity contribution in [3.05, 3.63) is 82.5 Å². The molecule has 6 heteroatoms. The Labute approximate surface area is 287 Å². The van der Waals surface area contributed by atoms with Gasteiger partial charge in [-0.25, -0.2) is 0 Å². The first-order valence-electron chi connectivity index (χ1n) is 17.4. The van der Waals surface area contributed by atoms with Crippen LogP contribution in [0.1, 0.15) is 111 Å². The monoisotopic (exact) mass is 662 g/mol. The van der Waals surface area contributed by atoms with Gasteiger partial charge in [0.05, 0.1) is 31.0 Å². The number of rotatable bonds is 15. The second-order valence-corrected chi connectivity index (χ2v) is 20.7. The number of benzene rings is 2. The Morgan fingerprint density at radius 2 is 1.74 bits per heavy atom. The van der Waals surface area contributed by atoms with Gasteiger partial charge in [-0.3, -0.25) is 4.79 Å². The lowest BCUT2D eigenvalue weighted by atomic mass is 9.82. The van der Waals surface area contributed by atoms with Crippen LogP contribution in [-0.2, 0) is 27.3 Å². The highest BCUT2D eigenvalue weighted by Gasteiger charge is 2.44. The molecule has 5 nitrogen and oxygen atoms in total. The first-order valence-corrected chi connectivity index (χ1v) is 20.3. The van der Waals surface area contributed by atoms with Crippen LogP contribution in [0.25, 0.3) is 0 Å². The second-order valence-electron chi connectivity index (χ2n) is 16.0. The number of aryl methyl sites for hydroxylation is 1. The number of ether oxygens (including phenoxy) is 3. The van der Waals surface area contributed by atoms with Crippen LogP contribution in [0.3, 0.4) is 0 Å². The zero-order valence-corrected chi connectivity index (χ0v) is 32.5. The topological polar surface area (TPSA) is 54.0 Å². The minimum atomic E-state index is -1.97. The van der Waals surface area contributed by atoms with Gasteiger partial charge >= 0.3 is 0 Å². The number of ketones is 1. The molecule has 1 aliphatic heterocycles. The number of methoxy groups -OCH3 is 1. The van der Waals surface area contributed by atoms with Crippen molar-refractivity contribution in [1.82, 2.24) is 0 Å². The van der Waals surface area contributed by atoms with Crippen LogP contribution in [0.2, 0.25) is 18.1 Å². The molecule has 0 saturated carbocycles. The molecule has 2 aromatic rings. The molecule has 260 valence electrons. The molecule has 2 aromatic carbocycles. The Balaban J connectivity index is 1.51. The van der Waals surface area contributed by atoms with Crippen LogP contribution in [0.15, 0.2) is 65.8 Å². The zero-order valence-electron chi connectivity index (χ0n) is 31.5. The van der Waals surface area contributed by atoms with Gasteiger partial charge in [-0.15, -0.1) is 0 Å². The molecule has 0 N–H and O–H groups in total. The third kappa shape index (κ3) is 11.5. The lowest BCUT2D eigenvalue weighted by Gasteiger charge is -2.48. The molecule has 47 heavy (non-hydrogen) atoms. The van der Waals surface area contributed by atoms with Crippen molar-refractivity contribution in [1.29, 1.82) is 0 Å². The van der Waals surface area contributed by atoms with E-state index in [1.54, 1.807) is 7.11 Å². The predicted octanol–water partition coefficient (Wildman–Crippen LogP) is 10.9. The van der Waals surface area contributed by atoms with Gasteiger partial charge in [-0.1, -0.05) is 68.3 Å². The van der Waals surface area contributed by atoms with Crippen molar-refractivity contribution in [2.45, 2.75) is 149 Å². The number of allylic oxidation sites excluding steroid dienone is 4. The largest absolute Gasteiger partial charge is 0.543 e. The van der Waals surface area contributed by atoms with Crippen molar-refractivity contribution in [2.24, 2.45) is 0 Å². The van der Waals surface area contributed by atoms with Crippen molar-refractivity contribution in [2.75, 3.05) is 7.11 Å². The van der Waals surface area contributed by atoms with Crippen molar-refractivity contribution in [3.63, 3.8) is 0 Å². The summed E-state index contributed by atoms with van der Waals surface area (Å²) in [6.45, 7) is 24.6. The summed E-state index contributed by atoms with van der Waals surface area (Å²) in [7, 11) is -0.252. The number of hydrogen-bond acceptors (Lipinski definition) is 5. The average Bonchev–Trinajstić information content (AvgIpc) is 2.94. The van der Waals surface area contributed by atoms with E-state index in [-0.39, 0.29) is 28.1 Å². The Morgan fingerprint density at radius 1 is 1.06 bits per heavy atom. The van der Waals surface area contributed by atoms with Gasteiger partial charge in [-0.05, 0) is 128 Å². The smallest absolute Gasteiger partial charge is 0.250 e. The normalized spacial score (nSPS) is 20.6. The maximum atomic E-state index is 13.0. The Hall–Kier alpha value is -2.67. The van der Waals surface area contributed by atoms with E-state index in [9.17, 15) is 4.79 Å². The highest BCUT2D eigenvalue weighted by atomic mass is 28.4. The molecule has 0 aromatic heterocycles. The van der Waals surface area contributed by atoms with E-state index in [1.807, 2.05) is 31.2 Å². The molecular formula is C41H62O5Si. The van der Waals surface area contributed by atoms with Gasteiger partial charge < -0.3 is 18.6 Å². The van der Waals surface area contributed by atoms with Crippen LogP contribution < -0.4 is 9.16 Å². The zero-order chi connectivity index (χ0) is 35.0. The molecule has 2 atom stereocenters. The summed E-state index contributed by atoms with van der Waals surface area (Å²) >= 11 is 0. The number of carbonyl (C=O) groups is 1. The van der Waals surface area contributed by atoms with Crippen LogP contribution in [-0.4, -0.2) is 38.5 Å². The average molecular weight is 663 g/mol. The Kier molecular flexibility index (Phi) is 13.3. The van der Waals surface area contributed by atoms with Gasteiger partial charge in [0, 0.05) is 12.0 Å². The van der Waals surface area contributed by atoms with E-state index in [2.05, 4.69) is 98.8 Å². The molecule has 1 aliphatic rings. The van der Waals surface area contributed by atoms with Gasteiger partial charge in [0.25, 0.3) is 0 Å². The van der Waals surface area contributed by atoms with Crippen LogP contribution >= 0.6 is 0 Å². The van der Waals surface area contributed by atoms with E-state index in [0.29, 0.717) is 19.4 Å². The lowest BCUT2D eigenvalue weighted by molar-refractivity contribution is -0.231. The minimum absolute atomic E-state index is 0.0657. The predicted molar refractivity (Wildman–Crippen MR) is 198 cm³/mol. The molecule has 1 fully saturated rings. The fourth-order valence-corrected chi connectivity index (χ4v) is 7.31. The van der Waals surface area contributed by atoms with Crippen LogP contribution in [0.4, 0.5) is 0 Å². The highest BCUT2D eigenvalue weighted by Crippen LogP contribution is 2.41. The summed E-state index contributed by atoms with van der Waals surface area (Å²) in [5.74, 6) is 1.93. The summed E-state index contributed by atoms with van der Waals surface area (Å²) in [5, 5.41) is 0.115. The molecule has 3 rings (SSSR count). The number of hydrogen-bond donors (Lipinski definition) is 0. The SMILES string of the molecule is COc1c(C)cc(O[Si](C)(C)C(C)(C)C)cc1C/C=C(\C)CC(=O)/C=C(\C)CCC[C@@]1(C)CC[C@@H](OCc2ccccc2)C(C)(C)O1. The molecule has 1 heterocycles. The number of carbonyl (C=O) groups excluding carboxylic acids is 1. The Bertz CT molecular complexity index is 1400. The quantitative estimate of drug-likeness (QED) is 0.108. The Morgan fingerprint density at radius 3 is 2.36 bits per heavy atom. The van der Waals surface area contributed by atoms with Gasteiger partial charge in [-0.2, -0.15) is 0 Å². The molecule has 1 saturated heterocycles. The first-order chi connectivity index (χ1) is 21.8. The summed E-state index contributed by atoms with van der Waals surface area (Å²) in [4.78, 5) is 13.0. The van der Waals surface area contributed by atoms with Crippen molar-refractivity contribution in [3.8, 4) is 11.5 Å². The maximum Gasteiger partial charge on any atom is 0.250 e. The van der Waals surface area contributed by atoms with E-state index >= 15 is 0 Å². The standard InChI is InChI=1S/C41H62O5Si/c1-30(17-16-23-41(9)24-22-37(40(7,8)46-41)44-29-33-18-14-13-15-19-33)25-35(42)26-31(2)20-21-34-28-36(27-32(3)38(34)43-10)45-47(11,12)39(4,5)6/h13-15,18-20,25,27-28,37H,16-17,21-24,26,29H2,1-12H3/b30-25+,31-20+/t37-,41+/m1/s1. The molecular weight excluding hydrogens is 601 g/mol. The van der Waals surface area contributed by atoms with Crippen LogP contribution in [0.5, 0.6) is 11.5 Å². The maximum absolute atomic E-state index is 13.0. The van der Waals surface area contributed by atoms with Crippen LogP contribution in [0, 0.1) is 6.92 Å². The first kappa shape index (κ1) is 38.8.